The Balaban J connectivity index is 1.88. The molecule has 1 saturated carbocycles. The third kappa shape index (κ3) is 6.36. The highest BCUT2D eigenvalue weighted by Gasteiger charge is 2.34. The molecule has 0 bridgehead atoms. The van der Waals surface area contributed by atoms with E-state index in [0.29, 0.717) is 5.92 Å². The Kier molecular flexibility index (Phi) is 7.06. The van der Waals surface area contributed by atoms with Crippen LogP contribution in [0.5, 0.6) is 0 Å². The van der Waals surface area contributed by atoms with Gasteiger partial charge in [-0.1, -0.05) is 51.1 Å². The maximum atomic E-state index is 12.1. The van der Waals surface area contributed by atoms with Gasteiger partial charge in [0.25, 0.3) is 0 Å². The number of carbonyl (C=O) groups is 2. The molecule has 0 heterocycles. The fourth-order valence-corrected chi connectivity index (χ4v) is 3.83. The summed E-state index contributed by atoms with van der Waals surface area (Å²) in [5.74, 6) is -0.0560. The Labute approximate surface area is 156 Å². The Bertz CT molecular complexity index is 586. The molecule has 5 heteroatoms. The van der Waals surface area contributed by atoms with E-state index in [1.54, 1.807) is 0 Å². The molecule has 2 N–H and O–H groups in total. The van der Waals surface area contributed by atoms with Gasteiger partial charge in [-0.05, 0) is 48.5 Å². The van der Waals surface area contributed by atoms with Crippen LogP contribution in [0.15, 0.2) is 30.3 Å². The van der Waals surface area contributed by atoms with Crippen molar-refractivity contribution in [1.29, 1.82) is 0 Å². The van der Waals surface area contributed by atoms with Crippen LogP contribution in [-0.4, -0.2) is 23.2 Å². The van der Waals surface area contributed by atoms with Gasteiger partial charge >= 0.3 is 12.1 Å². The van der Waals surface area contributed by atoms with E-state index in [0.717, 1.165) is 31.2 Å². The Hall–Kier alpha value is -2.04. The SMILES string of the molecule is CC(C)(C)C1CCC([C@@H](CC(=O)O)NC(=O)OCc2ccccc2)CC1. The van der Waals surface area contributed by atoms with E-state index < -0.39 is 12.1 Å². The van der Waals surface area contributed by atoms with Crippen molar-refractivity contribution in [3.63, 3.8) is 0 Å². The summed E-state index contributed by atoms with van der Waals surface area (Å²) in [5.41, 5.74) is 1.18. The van der Waals surface area contributed by atoms with E-state index in [9.17, 15) is 14.7 Å². The van der Waals surface area contributed by atoms with Crippen LogP contribution in [0, 0.1) is 17.3 Å². The lowest BCUT2D eigenvalue weighted by Crippen LogP contribution is -2.44. The number of benzene rings is 1. The molecule has 5 nitrogen and oxygen atoms in total. The minimum absolute atomic E-state index is 0.0642. The van der Waals surface area contributed by atoms with Crippen molar-refractivity contribution in [2.75, 3.05) is 0 Å². The van der Waals surface area contributed by atoms with Gasteiger partial charge in [0.2, 0.25) is 0 Å². The smallest absolute Gasteiger partial charge is 0.407 e. The number of alkyl carbamates (subject to hydrolysis) is 1. The van der Waals surface area contributed by atoms with E-state index in [-0.39, 0.29) is 30.4 Å². The third-order valence-corrected chi connectivity index (χ3v) is 5.48. The van der Waals surface area contributed by atoms with E-state index >= 15 is 0 Å². The summed E-state index contributed by atoms with van der Waals surface area (Å²) in [6.07, 6.45) is 3.43. The van der Waals surface area contributed by atoms with E-state index in [1.165, 1.54) is 0 Å². The number of hydrogen-bond donors (Lipinski definition) is 2. The molecule has 26 heavy (non-hydrogen) atoms. The molecule has 1 aromatic rings. The van der Waals surface area contributed by atoms with Crippen molar-refractivity contribution < 1.29 is 19.4 Å². The number of amides is 1. The monoisotopic (exact) mass is 361 g/mol. The lowest BCUT2D eigenvalue weighted by atomic mass is 9.68. The van der Waals surface area contributed by atoms with Crippen LogP contribution in [0.4, 0.5) is 4.79 Å². The lowest BCUT2D eigenvalue weighted by Gasteiger charge is -2.39. The van der Waals surface area contributed by atoms with Crippen LogP contribution in [0.25, 0.3) is 0 Å². The quantitative estimate of drug-likeness (QED) is 0.776. The zero-order chi connectivity index (χ0) is 19.2. The maximum Gasteiger partial charge on any atom is 0.407 e. The summed E-state index contributed by atoms with van der Waals surface area (Å²) in [6.45, 7) is 6.95. The number of aliphatic carboxylic acids is 1. The molecule has 1 aliphatic rings. The number of carboxylic acid groups (broad SMARTS) is 1. The number of hydrogen-bond acceptors (Lipinski definition) is 3. The summed E-state index contributed by atoms with van der Waals surface area (Å²) >= 11 is 0. The normalized spacial score (nSPS) is 21.7. The Morgan fingerprint density at radius 1 is 1.15 bits per heavy atom. The van der Waals surface area contributed by atoms with Gasteiger partial charge < -0.3 is 15.2 Å². The van der Waals surface area contributed by atoms with Crippen LogP contribution in [-0.2, 0) is 16.1 Å². The summed E-state index contributed by atoms with van der Waals surface area (Å²) in [7, 11) is 0. The molecule has 144 valence electrons. The summed E-state index contributed by atoms with van der Waals surface area (Å²) in [5, 5.41) is 12.0. The molecule has 0 aliphatic heterocycles. The second-order valence-electron chi connectivity index (χ2n) is 8.39. The molecule has 1 amide bonds. The van der Waals surface area contributed by atoms with Gasteiger partial charge in [0.05, 0.1) is 6.42 Å². The van der Waals surface area contributed by atoms with Crippen LogP contribution in [0.1, 0.15) is 58.4 Å². The average Bonchev–Trinajstić information content (AvgIpc) is 2.59. The molecule has 0 saturated heterocycles. The van der Waals surface area contributed by atoms with E-state index in [1.807, 2.05) is 30.3 Å². The highest BCUT2D eigenvalue weighted by Crippen LogP contribution is 2.41. The molecule has 1 fully saturated rings. The van der Waals surface area contributed by atoms with Crippen molar-refractivity contribution in [3.8, 4) is 0 Å². The van der Waals surface area contributed by atoms with Gasteiger partial charge in [0.1, 0.15) is 6.61 Å². The fourth-order valence-electron chi connectivity index (χ4n) is 3.83. The summed E-state index contributed by atoms with van der Waals surface area (Å²) < 4.78 is 5.26. The lowest BCUT2D eigenvalue weighted by molar-refractivity contribution is -0.138. The van der Waals surface area contributed by atoms with Crippen LogP contribution >= 0.6 is 0 Å². The number of rotatable bonds is 6. The molecular formula is C21H31NO4. The highest BCUT2D eigenvalue weighted by molar-refractivity contribution is 5.71. The predicted molar refractivity (Wildman–Crippen MR) is 101 cm³/mol. The standard InChI is InChI=1S/C21H31NO4/c1-21(2,3)17-11-9-16(10-12-17)18(13-19(23)24)22-20(25)26-14-15-7-5-4-6-8-15/h4-8,16-18H,9-14H2,1-3H3,(H,22,25)(H,23,24)/t16?,17?,18-/m1/s1. The molecule has 2 rings (SSSR count). The number of carbonyl (C=O) groups excluding carboxylic acids is 1. The second-order valence-corrected chi connectivity index (χ2v) is 8.39. The summed E-state index contributed by atoms with van der Waals surface area (Å²) in [6, 6.07) is 9.07. The van der Waals surface area contributed by atoms with Crippen LogP contribution in [0.3, 0.4) is 0 Å². The first-order chi connectivity index (χ1) is 12.3. The molecule has 0 radical (unpaired) electrons. The van der Waals surface area contributed by atoms with Gasteiger partial charge in [-0.25, -0.2) is 4.79 Å². The van der Waals surface area contributed by atoms with Crippen molar-refractivity contribution in [1.82, 2.24) is 5.32 Å². The van der Waals surface area contributed by atoms with Crippen molar-refractivity contribution in [3.05, 3.63) is 35.9 Å². The predicted octanol–water partition coefficient (Wildman–Crippen LogP) is 4.61. The molecule has 0 aromatic heterocycles. The second kappa shape index (κ2) is 9.06. The van der Waals surface area contributed by atoms with Gasteiger partial charge in [-0.15, -0.1) is 0 Å². The molecule has 0 spiro atoms. The molecule has 1 aliphatic carbocycles. The van der Waals surface area contributed by atoms with E-state index in [2.05, 4.69) is 26.1 Å². The largest absolute Gasteiger partial charge is 0.481 e. The Morgan fingerprint density at radius 2 is 1.77 bits per heavy atom. The first kappa shape index (κ1) is 20.3. The van der Waals surface area contributed by atoms with Crippen molar-refractivity contribution in [2.24, 2.45) is 17.3 Å². The minimum Gasteiger partial charge on any atom is -0.481 e. The van der Waals surface area contributed by atoms with Crippen molar-refractivity contribution >= 4 is 12.1 Å². The zero-order valence-electron chi connectivity index (χ0n) is 16.0. The molecule has 0 unspecified atom stereocenters. The van der Waals surface area contributed by atoms with E-state index in [4.69, 9.17) is 4.74 Å². The van der Waals surface area contributed by atoms with Gasteiger partial charge in [-0.3, -0.25) is 4.79 Å². The highest BCUT2D eigenvalue weighted by atomic mass is 16.5. The topological polar surface area (TPSA) is 75.6 Å². The van der Waals surface area contributed by atoms with Crippen molar-refractivity contribution in [2.45, 2.75) is 65.5 Å². The zero-order valence-corrected chi connectivity index (χ0v) is 16.0. The first-order valence-corrected chi connectivity index (χ1v) is 9.44. The summed E-state index contributed by atoms with van der Waals surface area (Å²) in [4.78, 5) is 23.4. The van der Waals surface area contributed by atoms with Gasteiger partial charge in [0.15, 0.2) is 0 Å². The Morgan fingerprint density at radius 3 is 2.31 bits per heavy atom. The van der Waals surface area contributed by atoms with Gasteiger partial charge in [-0.2, -0.15) is 0 Å². The third-order valence-electron chi connectivity index (χ3n) is 5.48. The average molecular weight is 361 g/mol. The van der Waals surface area contributed by atoms with Crippen LogP contribution in [0.2, 0.25) is 0 Å². The van der Waals surface area contributed by atoms with Gasteiger partial charge in [0, 0.05) is 6.04 Å². The molecule has 1 atom stereocenters. The first-order valence-electron chi connectivity index (χ1n) is 9.44. The minimum atomic E-state index is -0.892. The number of ether oxygens (including phenoxy) is 1. The van der Waals surface area contributed by atoms with Crippen LogP contribution < -0.4 is 5.32 Å². The fraction of sp³-hybridized carbons (Fsp3) is 0.619. The number of nitrogens with one attached hydrogen (secondary N) is 1. The maximum absolute atomic E-state index is 12.1. The molecule has 1 aromatic carbocycles. The number of carboxylic acids is 1. The molecular weight excluding hydrogens is 330 g/mol.